The number of nitrogens with zero attached hydrogens (tertiary/aromatic N) is 4. The minimum Gasteiger partial charge on any atom is -0.313 e. The molecule has 1 unspecified atom stereocenters. The highest BCUT2D eigenvalue weighted by molar-refractivity contribution is 6.10. The molecule has 7 aromatic carbocycles. The van der Waals surface area contributed by atoms with E-state index in [9.17, 15) is 0 Å². The van der Waals surface area contributed by atoms with Gasteiger partial charge in [0.15, 0.2) is 5.82 Å². The molecular formula is C53H38N4. The Morgan fingerprint density at radius 3 is 1.79 bits per heavy atom. The highest BCUT2D eigenvalue weighted by Crippen LogP contribution is 2.42. The van der Waals surface area contributed by atoms with E-state index < -0.39 is 0 Å². The molecule has 1 aliphatic carbocycles. The van der Waals surface area contributed by atoms with E-state index in [0.29, 0.717) is 11.7 Å². The fraction of sp³-hybridized carbons (Fsp3) is 0.0566. The number of benzene rings is 7. The summed E-state index contributed by atoms with van der Waals surface area (Å²) in [7, 11) is 0. The molecular weight excluding hydrogens is 693 g/mol. The van der Waals surface area contributed by atoms with Crippen LogP contribution in [0.3, 0.4) is 0 Å². The second kappa shape index (κ2) is 13.5. The van der Waals surface area contributed by atoms with Crippen LogP contribution in [0.4, 0.5) is 0 Å². The minimum absolute atomic E-state index is 0.352. The molecule has 0 aliphatic heterocycles. The zero-order chi connectivity index (χ0) is 37.9. The first-order chi connectivity index (χ1) is 28.2. The number of fused-ring (bicyclic) bond motifs is 6. The van der Waals surface area contributed by atoms with Gasteiger partial charge < -0.3 is 9.13 Å². The summed E-state index contributed by atoms with van der Waals surface area (Å²) >= 11 is 0. The Morgan fingerprint density at radius 2 is 1.04 bits per heavy atom. The van der Waals surface area contributed by atoms with E-state index in [1.54, 1.807) is 0 Å². The summed E-state index contributed by atoms with van der Waals surface area (Å²) < 4.78 is 4.87. The van der Waals surface area contributed by atoms with Crippen LogP contribution in [0.1, 0.15) is 30.5 Å². The Labute approximate surface area is 331 Å². The largest absolute Gasteiger partial charge is 0.313 e. The molecule has 0 radical (unpaired) electrons. The number of allylic oxidation sites excluding steroid dienone is 1. The summed E-state index contributed by atoms with van der Waals surface area (Å²) in [6.07, 6.45) is 5.66. The molecule has 11 rings (SSSR count). The van der Waals surface area contributed by atoms with Crippen molar-refractivity contribution in [1.82, 2.24) is 19.1 Å². The Balaban J connectivity index is 1.06. The second-order valence-electron chi connectivity index (χ2n) is 15.1. The van der Waals surface area contributed by atoms with E-state index in [4.69, 9.17) is 9.97 Å². The van der Waals surface area contributed by atoms with Crippen molar-refractivity contribution in [3.63, 3.8) is 0 Å². The Kier molecular flexibility index (Phi) is 7.82. The van der Waals surface area contributed by atoms with Crippen LogP contribution in [0, 0.1) is 0 Å². The van der Waals surface area contributed by atoms with Gasteiger partial charge in [-0.15, -0.1) is 0 Å². The van der Waals surface area contributed by atoms with Crippen molar-refractivity contribution < 1.29 is 0 Å². The number of aromatic nitrogens is 4. The molecule has 0 saturated carbocycles. The van der Waals surface area contributed by atoms with Crippen LogP contribution < -0.4 is 0 Å². The molecule has 4 heteroatoms. The Hall–Kier alpha value is -7.30. The molecule has 0 spiro atoms. The fourth-order valence-corrected chi connectivity index (χ4v) is 8.83. The summed E-state index contributed by atoms with van der Waals surface area (Å²) in [5.41, 5.74) is 15.9. The highest BCUT2D eigenvalue weighted by atomic mass is 15.0. The first-order valence-electron chi connectivity index (χ1n) is 19.7. The van der Waals surface area contributed by atoms with E-state index in [-0.39, 0.29) is 0 Å². The topological polar surface area (TPSA) is 35.6 Å². The second-order valence-corrected chi connectivity index (χ2v) is 15.1. The third kappa shape index (κ3) is 5.60. The van der Waals surface area contributed by atoms with Crippen molar-refractivity contribution in [2.45, 2.75) is 19.3 Å². The number of para-hydroxylation sites is 2. The third-order valence-electron chi connectivity index (χ3n) is 11.5. The quantitative estimate of drug-likeness (QED) is 0.171. The Bertz CT molecular complexity index is 3100. The lowest BCUT2D eigenvalue weighted by molar-refractivity contribution is 0.723. The number of rotatable bonds is 6. The molecule has 57 heavy (non-hydrogen) atoms. The van der Waals surface area contributed by atoms with Gasteiger partial charge in [-0.05, 0) is 72.1 Å². The lowest BCUT2D eigenvalue weighted by Gasteiger charge is -2.20. The molecule has 0 fully saturated rings. The van der Waals surface area contributed by atoms with Crippen LogP contribution in [0.15, 0.2) is 188 Å². The molecule has 3 aromatic heterocycles. The van der Waals surface area contributed by atoms with Crippen molar-refractivity contribution >= 4 is 38.8 Å². The van der Waals surface area contributed by atoms with Crippen LogP contribution in [0.2, 0.25) is 0 Å². The lowest BCUT2D eigenvalue weighted by Crippen LogP contribution is -2.07. The van der Waals surface area contributed by atoms with Crippen LogP contribution in [-0.4, -0.2) is 19.1 Å². The third-order valence-corrected chi connectivity index (χ3v) is 11.5. The number of hydrogen-bond acceptors (Lipinski definition) is 2. The maximum Gasteiger partial charge on any atom is 0.160 e. The predicted molar refractivity (Wildman–Crippen MR) is 237 cm³/mol. The minimum atomic E-state index is 0.352. The maximum atomic E-state index is 5.16. The summed E-state index contributed by atoms with van der Waals surface area (Å²) in [6.45, 7) is 2.34. The molecule has 0 saturated heterocycles. The lowest BCUT2D eigenvalue weighted by atomic mass is 9.92. The normalized spacial score (nSPS) is 13.7. The van der Waals surface area contributed by atoms with E-state index >= 15 is 0 Å². The van der Waals surface area contributed by atoms with Gasteiger partial charge in [0.2, 0.25) is 0 Å². The molecule has 0 amide bonds. The zero-order valence-corrected chi connectivity index (χ0v) is 31.5. The van der Waals surface area contributed by atoms with E-state index in [1.807, 2.05) is 12.1 Å². The summed E-state index contributed by atoms with van der Waals surface area (Å²) in [4.78, 5) is 10.3. The van der Waals surface area contributed by atoms with Crippen LogP contribution >= 0.6 is 0 Å². The average molecular weight is 731 g/mol. The SMILES string of the molecule is CC1CC=Cc2c1n(-c1cccc(-c3nc(-c4ccccc4)cc(-c4ccccc4)n3)c1)c1ccc(-c3ccc4c5ccccc5n(-c5ccccc5)c4c3)cc21. The summed E-state index contributed by atoms with van der Waals surface area (Å²) in [6, 6.07) is 64.9. The van der Waals surface area contributed by atoms with Crippen LogP contribution in [-0.2, 0) is 0 Å². The molecule has 0 bridgehead atoms. The molecule has 10 aromatic rings. The molecule has 4 nitrogen and oxygen atoms in total. The molecule has 270 valence electrons. The average Bonchev–Trinajstić information content (AvgIpc) is 3.80. The zero-order valence-electron chi connectivity index (χ0n) is 31.5. The van der Waals surface area contributed by atoms with E-state index in [1.165, 1.54) is 55.1 Å². The van der Waals surface area contributed by atoms with Crippen LogP contribution in [0.5, 0.6) is 0 Å². The maximum absolute atomic E-state index is 5.16. The van der Waals surface area contributed by atoms with Gasteiger partial charge in [0.25, 0.3) is 0 Å². The van der Waals surface area contributed by atoms with Gasteiger partial charge in [-0.3, -0.25) is 0 Å². The van der Waals surface area contributed by atoms with Crippen LogP contribution in [0.25, 0.3) is 95.2 Å². The first-order valence-corrected chi connectivity index (χ1v) is 19.7. The van der Waals surface area contributed by atoms with Crippen molar-refractivity contribution in [3.8, 4) is 56.4 Å². The highest BCUT2D eigenvalue weighted by Gasteiger charge is 2.24. The first kappa shape index (κ1) is 33.1. The van der Waals surface area contributed by atoms with Crippen molar-refractivity contribution in [3.05, 3.63) is 199 Å². The van der Waals surface area contributed by atoms with Gasteiger partial charge in [-0.25, -0.2) is 9.97 Å². The summed E-state index contributed by atoms with van der Waals surface area (Å²) in [5, 5.41) is 3.78. The molecule has 1 atom stereocenters. The van der Waals surface area contributed by atoms with Crippen molar-refractivity contribution in [2.24, 2.45) is 0 Å². The monoisotopic (exact) mass is 730 g/mol. The van der Waals surface area contributed by atoms with Gasteiger partial charge in [-0.1, -0.05) is 146 Å². The van der Waals surface area contributed by atoms with Gasteiger partial charge in [0, 0.05) is 61.4 Å². The predicted octanol–water partition coefficient (Wildman–Crippen LogP) is 13.7. The standard InChI is InChI=1S/C53H38N4/c1-35-15-13-25-45-46-32-38(39-27-29-44-43-24-11-12-26-49(43)56(51(44)33-39)41-21-9-4-10-22-41)28-30-50(46)57(52(35)45)42-23-14-20-40(31-42)53-54-47(36-16-5-2-6-17-36)34-48(55-53)37-18-7-3-8-19-37/h2-14,16-35H,15H2,1H3. The van der Waals surface area contributed by atoms with Gasteiger partial charge in [0.05, 0.1) is 27.9 Å². The van der Waals surface area contributed by atoms with Gasteiger partial charge >= 0.3 is 0 Å². The van der Waals surface area contributed by atoms with Gasteiger partial charge in [-0.2, -0.15) is 0 Å². The van der Waals surface area contributed by atoms with E-state index in [0.717, 1.165) is 45.9 Å². The van der Waals surface area contributed by atoms with Gasteiger partial charge in [0.1, 0.15) is 0 Å². The molecule has 3 heterocycles. The van der Waals surface area contributed by atoms with Crippen molar-refractivity contribution in [1.29, 1.82) is 0 Å². The molecule has 0 N–H and O–H groups in total. The fourth-order valence-electron chi connectivity index (χ4n) is 8.83. The van der Waals surface area contributed by atoms with Crippen molar-refractivity contribution in [2.75, 3.05) is 0 Å². The Morgan fingerprint density at radius 1 is 0.439 bits per heavy atom. The smallest absolute Gasteiger partial charge is 0.160 e. The van der Waals surface area contributed by atoms with E-state index in [2.05, 4.69) is 198 Å². The summed E-state index contributed by atoms with van der Waals surface area (Å²) in [5.74, 6) is 1.06. The molecule has 1 aliphatic rings. The number of hydrogen-bond donors (Lipinski definition) is 0.